The van der Waals surface area contributed by atoms with Crippen molar-refractivity contribution in [2.24, 2.45) is 0 Å². The van der Waals surface area contributed by atoms with E-state index in [-0.39, 0.29) is 34.4 Å². The standard InChI is InChI=1S/C20H19ClFN3O2/c1-12(2)25-19(26)14-8-5-4-7-13(14)18(23-25)20(27)24(3)11-15-16(21)9-6-10-17(15)22/h4-10,12H,11H2,1-3H3. The molecule has 0 aliphatic heterocycles. The number of hydrogen-bond donors (Lipinski definition) is 0. The van der Waals surface area contributed by atoms with Crippen molar-refractivity contribution in [3.05, 3.63) is 74.9 Å². The Morgan fingerprint density at radius 2 is 1.85 bits per heavy atom. The third kappa shape index (κ3) is 3.57. The van der Waals surface area contributed by atoms with Gasteiger partial charge in [0, 0.05) is 23.0 Å². The molecule has 0 N–H and O–H groups in total. The number of nitrogens with zero attached hydrogens (tertiary/aromatic N) is 3. The van der Waals surface area contributed by atoms with Gasteiger partial charge in [0.15, 0.2) is 5.69 Å². The van der Waals surface area contributed by atoms with Gasteiger partial charge >= 0.3 is 0 Å². The number of rotatable bonds is 4. The van der Waals surface area contributed by atoms with Gasteiger partial charge in [-0.3, -0.25) is 9.59 Å². The molecule has 3 rings (SSSR count). The predicted molar refractivity (Wildman–Crippen MR) is 104 cm³/mol. The average molecular weight is 388 g/mol. The highest BCUT2D eigenvalue weighted by molar-refractivity contribution is 6.31. The number of hydrogen-bond acceptors (Lipinski definition) is 3. The third-order valence-electron chi connectivity index (χ3n) is 4.32. The summed E-state index contributed by atoms with van der Waals surface area (Å²) in [6.07, 6.45) is 0. The van der Waals surface area contributed by atoms with Crippen LogP contribution in [0.15, 0.2) is 47.3 Å². The smallest absolute Gasteiger partial charge is 0.274 e. The lowest BCUT2D eigenvalue weighted by Gasteiger charge is -2.20. The highest BCUT2D eigenvalue weighted by Crippen LogP contribution is 2.22. The summed E-state index contributed by atoms with van der Waals surface area (Å²) in [5.41, 5.74) is 0.127. The molecule has 0 radical (unpaired) electrons. The maximum absolute atomic E-state index is 14.1. The highest BCUT2D eigenvalue weighted by Gasteiger charge is 2.22. The van der Waals surface area contributed by atoms with Crippen molar-refractivity contribution in [2.45, 2.75) is 26.4 Å². The van der Waals surface area contributed by atoms with Crippen LogP contribution < -0.4 is 5.56 Å². The van der Waals surface area contributed by atoms with E-state index >= 15 is 0 Å². The van der Waals surface area contributed by atoms with Gasteiger partial charge in [-0.1, -0.05) is 35.9 Å². The highest BCUT2D eigenvalue weighted by atomic mass is 35.5. The Hall–Kier alpha value is -2.73. The van der Waals surface area contributed by atoms with Gasteiger partial charge in [-0.05, 0) is 32.0 Å². The summed E-state index contributed by atoms with van der Waals surface area (Å²) in [5, 5.41) is 5.43. The maximum atomic E-state index is 14.1. The van der Waals surface area contributed by atoms with Crippen LogP contribution >= 0.6 is 11.6 Å². The molecule has 0 saturated heterocycles. The molecule has 27 heavy (non-hydrogen) atoms. The Morgan fingerprint density at radius 3 is 2.48 bits per heavy atom. The quantitative estimate of drug-likeness (QED) is 0.678. The Bertz CT molecular complexity index is 1060. The molecule has 3 aromatic rings. The first kappa shape index (κ1) is 19.0. The molecule has 1 aromatic heterocycles. The summed E-state index contributed by atoms with van der Waals surface area (Å²) in [6.45, 7) is 3.63. The lowest BCUT2D eigenvalue weighted by Crippen LogP contribution is -2.32. The van der Waals surface area contributed by atoms with E-state index in [1.54, 1.807) is 37.4 Å². The van der Waals surface area contributed by atoms with Crippen molar-refractivity contribution in [1.82, 2.24) is 14.7 Å². The van der Waals surface area contributed by atoms with Crippen molar-refractivity contribution < 1.29 is 9.18 Å². The van der Waals surface area contributed by atoms with Gasteiger partial charge in [-0.2, -0.15) is 5.10 Å². The number of aromatic nitrogens is 2. The van der Waals surface area contributed by atoms with Crippen molar-refractivity contribution in [3.8, 4) is 0 Å². The monoisotopic (exact) mass is 387 g/mol. The molecular formula is C20H19ClFN3O2. The molecule has 1 amide bonds. The second kappa shape index (κ2) is 7.48. The lowest BCUT2D eigenvalue weighted by atomic mass is 10.1. The summed E-state index contributed by atoms with van der Waals surface area (Å²) in [5.74, 6) is -0.896. The van der Waals surface area contributed by atoms with Crippen LogP contribution in [0.2, 0.25) is 5.02 Å². The Balaban J connectivity index is 2.07. The van der Waals surface area contributed by atoms with Gasteiger partial charge in [-0.15, -0.1) is 0 Å². The second-order valence-electron chi connectivity index (χ2n) is 6.60. The zero-order valence-electron chi connectivity index (χ0n) is 15.2. The Labute approximate surface area is 161 Å². The van der Waals surface area contributed by atoms with E-state index in [0.717, 1.165) is 0 Å². The van der Waals surface area contributed by atoms with Crippen LogP contribution in [0, 0.1) is 5.82 Å². The molecule has 1 heterocycles. The van der Waals surface area contributed by atoms with E-state index in [1.807, 2.05) is 13.8 Å². The van der Waals surface area contributed by atoms with E-state index in [9.17, 15) is 14.0 Å². The van der Waals surface area contributed by atoms with Gasteiger partial charge in [-0.25, -0.2) is 9.07 Å². The first-order chi connectivity index (χ1) is 12.8. The number of carbonyl (C=O) groups excluding carboxylic acids is 1. The van der Waals surface area contributed by atoms with E-state index in [4.69, 9.17) is 11.6 Å². The molecule has 0 unspecified atom stereocenters. The van der Waals surface area contributed by atoms with Crippen LogP contribution in [0.5, 0.6) is 0 Å². The van der Waals surface area contributed by atoms with E-state index < -0.39 is 11.7 Å². The van der Waals surface area contributed by atoms with Crippen LogP contribution in [0.3, 0.4) is 0 Å². The van der Waals surface area contributed by atoms with Gasteiger partial charge in [0.05, 0.1) is 18.0 Å². The molecule has 0 spiro atoms. The van der Waals surface area contributed by atoms with Gasteiger partial charge in [0.25, 0.3) is 11.5 Å². The number of amides is 1. The molecule has 0 fully saturated rings. The fourth-order valence-electron chi connectivity index (χ4n) is 2.89. The zero-order chi connectivity index (χ0) is 19.7. The first-order valence-corrected chi connectivity index (χ1v) is 8.89. The minimum absolute atomic E-state index is 0.0127. The van der Waals surface area contributed by atoms with Crippen LogP contribution in [-0.4, -0.2) is 27.6 Å². The van der Waals surface area contributed by atoms with Gasteiger partial charge < -0.3 is 4.90 Å². The molecule has 2 aromatic carbocycles. The molecule has 0 saturated carbocycles. The first-order valence-electron chi connectivity index (χ1n) is 8.51. The third-order valence-corrected chi connectivity index (χ3v) is 4.68. The van der Waals surface area contributed by atoms with Gasteiger partial charge in [0.1, 0.15) is 5.82 Å². The second-order valence-corrected chi connectivity index (χ2v) is 7.01. The summed E-state index contributed by atoms with van der Waals surface area (Å²) >= 11 is 6.07. The molecule has 5 nitrogen and oxygen atoms in total. The summed E-state index contributed by atoms with van der Waals surface area (Å²) < 4.78 is 15.4. The largest absolute Gasteiger partial charge is 0.336 e. The Kier molecular flexibility index (Phi) is 5.28. The summed E-state index contributed by atoms with van der Waals surface area (Å²) in [6, 6.07) is 11.0. The number of fused-ring (bicyclic) bond motifs is 1. The lowest BCUT2D eigenvalue weighted by molar-refractivity contribution is 0.0777. The van der Waals surface area contributed by atoms with Crippen molar-refractivity contribution in [2.75, 3.05) is 7.05 Å². The maximum Gasteiger partial charge on any atom is 0.274 e. The molecular weight excluding hydrogens is 369 g/mol. The SMILES string of the molecule is CC(C)n1nc(C(=O)N(C)Cc2c(F)cccc2Cl)c2ccccc2c1=O. The molecule has 0 aliphatic carbocycles. The average Bonchev–Trinajstić information content (AvgIpc) is 2.64. The molecule has 140 valence electrons. The van der Waals surface area contributed by atoms with E-state index in [0.29, 0.717) is 10.8 Å². The number of benzene rings is 2. The number of halogens is 2. The normalized spacial score (nSPS) is 11.2. The fraction of sp³-hybridized carbons (Fsp3) is 0.250. The molecule has 0 atom stereocenters. The molecule has 7 heteroatoms. The van der Waals surface area contributed by atoms with Crippen LogP contribution in [-0.2, 0) is 6.54 Å². The van der Waals surface area contributed by atoms with Crippen LogP contribution in [0.1, 0.15) is 35.9 Å². The predicted octanol–water partition coefficient (Wildman–Crippen LogP) is 4.04. The minimum atomic E-state index is -0.480. The van der Waals surface area contributed by atoms with E-state index in [1.165, 1.54) is 21.7 Å². The summed E-state index contributed by atoms with van der Waals surface area (Å²) in [7, 11) is 1.55. The van der Waals surface area contributed by atoms with Crippen molar-refractivity contribution in [3.63, 3.8) is 0 Å². The fourth-order valence-corrected chi connectivity index (χ4v) is 3.11. The zero-order valence-corrected chi connectivity index (χ0v) is 16.0. The topological polar surface area (TPSA) is 55.2 Å². The van der Waals surface area contributed by atoms with E-state index in [2.05, 4.69) is 5.10 Å². The molecule has 0 bridgehead atoms. The van der Waals surface area contributed by atoms with Gasteiger partial charge in [0.2, 0.25) is 0 Å². The molecule has 0 aliphatic rings. The van der Waals surface area contributed by atoms with Crippen molar-refractivity contribution >= 4 is 28.3 Å². The summed E-state index contributed by atoms with van der Waals surface area (Å²) in [4.78, 5) is 27.0. The van der Waals surface area contributed by atoms with Crippen LogP contribution in [0.25, 0.3) is 10.8 Å². The van der Waals surface area contributed by atoms with Crippen molar-refractivity contribution in [1.29, 1.82) is 0 Å². The number of carbonyl (C=O) groups is 1. The van der Waals surface area contributed by atoms with Crippen LogP contribution in [0.4, 0.5) is 4.39 Å². The minimum Gasteiger partial charge on any atom is -0.336 e. The Morgan fingerprint density at radius 1 is 1.19 bits per heavy atom.